The van der Waals surface area contributed by atoms with Gasteiger partial charge in [0.15, 0.2) is 0 Å². The van der Waals surface area contributed by atoms with Gasteiger partial charge < -0.3 is 15.6 Å². The molecular formula is C53H49N3. The third-order valence-electron chi connectivity index (χ3n) is 10.1. The minimum atomic E-state index is 0.0605. The van der Waals surface area contributed by atoms with Crippen LogP contribution in [0, 0.1) is 0 Å². The van der Waals surface area contributed by atoms with E-state index in [2.05, 4.69) is 192 Å². The summed E-state index contributed by atoms with van der Waals surface area (Å²) in [6.45, 7) is 9.25. The first-order valence-electron chi connectivity index (χ1n) is 19.6. The molecule has 0 fully saturated rings. The van der Waals surface area contributed by atoms with E-state index in [-0.39, 0.29) is 6.04 Å². The van der Waals surface area contributed by atoms with Crippen molar-refractivity contribution in [3.05, 3.63) is 212 Å². The third-order valence-corrected chi connectivity index (χ3v) is 10.1. The summed E-state index contributed by atoms with van der Waals surface area (Å²) in [5.74, 6) is 0. The van der Waals surface area contributed by atoms with E-state index in [1.807, 2.05) is 26.8 Å². The standard InChI is InChI=1S/C48H37N3.C3H6.C2H6/c49-27-26-38(35-16-11-15-34(28-35)33-12-3-1-4-13-33)29-40-30-39-14-7-8-19-42(39)44-31-36(22-24-46(44)50-40)37-23-25-48-45(32-37)43-20-9-10-21-47(43)51(48)41-17-5-2-6-18-41;1-3-2;1-2/h1-29,31-32,40,50H,30,49H2;3H,1H2,2H3;1-2H3/b27-26-,38-29+;;. The molecule has 7 aromatic carbocycles. The molecule has 276 valence electrons. The van der Waals surface area contributed by atoms with Gasteiger partial charge in [0, 0.05) is 33.8 Å². The summed E-state index contributed by atoms with van der Waals surface area (Å²) in [6, 6.07) is 61.2. The Morgan fingerprint density at radius 3 is 2.04 bits per heavy atom. The number of allylic oxidation sites excluding steroid dienone is 3. The SMILES string of the molecule is C=CC.CC.N/C=C\C(=C/C1Cc2ccccc2-c2cc(-c3ccc4c(c3)c3ccccc3n4-c3ccccc3)ccc2N1)c1cccc(-c2ccccc2)c1. The van der Waals surface area contributed by atoms with Gasteiger partial charge in [0.2, 0.25) is 0 Å². The smallest absolute Gasteiger partial charge is 0.0541 e. The Balaban J connectivity index is 0.000000919. The topological polar surface area (TPSA) is 43.0 Å². The van der Waals surface area contributed by atoms with E-state index < -0.39 is 0 Å². The highest BCUT2D eigenvalue weighted by Gasteiger charge is 2.21. The van der Waals surface area contributed by atoms with E-state index in [1.54, 1.807) is 12.3 Å². The van der Waals surface area contributed by atoms with Crippen molar-refractivity contribution in [2.45, 2.75) is 33.2 Å². The van der Waals surface area contributed by atoms with Crippen LogP contribution >= 0.6 is 0 Å². The molecule has 0 radical (unpaired) electrons. The number of nitrogens with zero attached hydrogens (tertiary/aromatic N) is 1. The Kier molecular flexibility index (Phi) is 11.7. The summed E-state index contributed by atoms with van der Waals surface area (Å²) < 4.78 is 2.37. The van der Waals surface area contributed by atoms with Crippen LogP contribution in [-0.2, 0) is 6.42 Å². The van der Waals surface area contributed by atoms with Gasteiger partial charge in [-0.3, -0.25) is 0 Å². The lowest BCUT2D eigenvalue weighted by atomic mass is 9.93. The molecule has 8 aromatic rings. The lowest BCUT2D eigenvalue weighted by molar-refractivity contribution is 0.876. The minimum absolute atomic E-state index is 0.0605. The van der Waals surface area contributed by atoms with Crippen LogP contribution in [0.3, 0.4) is 0 Å². The first-order valence-corrected chi connectivity index (χ1v) is 19.6. The van der Waals surface area contributed by atoms with E-state index >= 15 is 0 Å². The highest BCUT2D eigenvalue weighted by molar-refractivity contribution is 6.10. The van der Waals surface area contributed by atoms with Crippen LogP contribution in [0.25, 0.3) is 66.4 Å². The molecule has 56 heavy (non-hydrogen) atoms. The van der Waals surface area contributed by atoms with Gasteiger partial charge in [-0.1, -0.05) is 147 Å². The molecule has 1 atom stereocenters. The average molecular weight is 728 g/mol. The highest BCUT2D eigenvalue weighted by Crippen LogP contribution is 2.40. The molecule has 0 amide bonds. The number of fused-ring (bicyclic) bond motifs is 6. The number of nitrogens with one attached hydrogen (secondary N) is 1. The van der Waals surface area contributed by atoms with Crippen molar-refractivity contribution in [1.82, 2.24) is 4.57 Å². The molecule has 3 N–H and O–H groups in total. The summed E-state index contributed by atoms with van der Waals surface area (Å²) >= 11 is 0. The number of para-hydroxylation sites is 2. The second kappa shape index (κ2) is 17.5. The number of rotatable bonds is 6. The number of nitrogens with two attached hydrogens (primary N) is 1. The van der Waals surface area contributed by atoms with Gasteiger partial charge >= 0.3 is 0 Å². The van der Waals surface area contributed by atoms with Crippen LogP contribution in [-0.4, -0.2) is 10.6 Å². The summed E-state index contributed by atoms with van der Waals surface area (Å²) in [7, 11) is 0. The molecule has 0 saturated carbocycles. The minimum Gasteiger partial charge on any atom is -0.405 e. The summed E-state index contributed by atoms with van der Waals surface area (Å²) in [5, 5.41) is 6.42. The largest absolute Gasteiger partial charge is 0.405 e. The Bertz CT molecular complexity index is 2640. The zero-order chi connectivity index (χ0) is 38.9. The van der Waals surface area contributed by atoms with Gasteiger partial charge in [0.25, 0.3) is 0 Å². The molecule has 9 rings (SSSR count). The molecular weight excluding hydrogens is 679 g/mol. The van der Waals surface area contributed by atoms with Crippen LogP contribution in [0.15, 0.2) is 201 Å². The van der Waals surface area contributed by atoms with E-state index in [9.17, 15) is 0 Å². The number of hydrogen-bond donors (Lipinski definition) is 2. The van der Waals surface area contributed by atoms with Crippen molar-refractivity contribution >= 4 is 33.1 Å². The van der Waals surface area contributed by atoms with Crippen molar-refractivity contribution in [3.63, 3.8) is 0 Å². The number of benzene rings is 7. The average Bonchev–Trinajstić information content (AvgIpc) is 3.50. The Morgan fingerprint density at radius 2 is 1.25 bits per heavy atom. The molecule has 0 aliphatic carbocycles. The Labute approximate surface area is 331 Å². The quantitative estimate of drug-likeness (QED) is 0.132. The van der Waals surface area contributed by atoms with Crippen LogP contribution in [0.5, 0.6) is 0 Å². The van der Waals surface area contributed by atoms with E-state index in [4.69, 9.17) is 5.73 Å². The third kappa shape index (κ3) is 7.71. The van der Waals surface area contributed by atoms with Crippen LogP contribution in [0.2, 0.25) is 0 Å². The van der Waals surface area contributed by atoms with Crippen LogP contribution in [0.1, 0.15) is 31.9 Å². The fourth-order valence-corrected chi connectivity index (χ4v) is 7.71. The van der Waals surface area contributed by atoms with Crippen molar-refractivity contribution in [3.8, 4) is 39.1 Å². The van der Waals surface area contributed by atoms with E-state index in [1.165, 1.54) is 66.4 Å². The van der Waals surface area contributed by atoms with Gasteiger partial charge in [-0.15, -0.1) is 6.58 Å². The molecule has 2 heterocycles. The summed E-state index contributed by atoms with van der Waals surface area (Å²) in [6.07, 6.45) is 8.58. The number of hydrogen-bond acceptors (Lipinski definition) is 2. The fraction of sp³-hybridized carbons (Fsp3) is 0.0943. The fourth-order valence-electron chi connectivity index (χ4n) is 7.71. The molecule has 1 aliphatic rings. The van der Waals surface area contributed by atoms with Gasteiger partial charge in [-0.2, -0.15) is 0 Å². The Morgan fingerprint density at radius 1 is 0.625 bits per heavy atom. The van der Waals surface area contributed by atoms with Crippen molar-refractivity contribution in [2.75, 3.05) is 5.32 Å². The highest BCUT2D eigenvalue weighted by atomic mass is 15.0. The second-order valence-electron chi connectivity index (χ2n) is 13.6. The molecule has 0 saturated heterocycles. The first-order chi connectivity index (χ1) is 27.6. The van der Waals surface area contributed by atoms with Crippen molar-refractivity contribution in [1.29, 1.82) is 0 Å². The maximum Gasteiger partial charge on any atom is 0.0541 e. The molecule has 1 aliphatic heterocycles. The lowest BCUT2D eigenvalue weighted by Crippen LogP contribution is -2.19. The normalized spacial score (nSPS) is 13.3. The molecule has 1 aromatic heterocycles. The van der Waals surface area contributed by atoms with Gasteiger partial charge in [-0.25, -0.2) is 0 Å². The number of anilines is 1. The van der Waals surface area contributed by atoms with E-state index in [0.29, 0.717) is 0 Å². The van der Waals surface area contributed by atoms with Crippen molar-refractivity contribution in [2.24, 2.45) is 5.73 Å². The molecule has 1 unspecified atom stereocenters. The Hall–Kier alpha value is -6.84. The summed E-state index contributed by atoms with van der Waals surface area (Å²) in [5.41, 5.74) is 21.6. The van der Waals surface area contributed by atoms with Gasteiger partial charge in [0.1, 0.15) is 0 Å². The van der Waals surface area contributed by atoms with E-state index in [0.717, 1.165) is 23.2 Å². The zero-order valence-corrected chi connectivity index (χ0v) is 32.5. The number of aromatic nitrogens is 1. The predicted molar refractivity (Wildman–Crippen MR) is 243 cm³/mol. The summed E-state index contributed by atoms with van der Waals surface area (Å²) in [4.78, 5) is 0. The zero-order valence-electron chi connectivity index (χ0n) is 32.5. The first kappa shape index (κ1) is 37.5. The molecule has 0 spiro atoms. The van der Waals surface area contributed by atoms with Crippen LogP contribution < -0.4 is 11.1 Å². The molecule has 3 nitrogen and oxygen atoms in total. The lowest BCUT2D eigenvalue weighted by Gasteiger charge is -2.17. The van der Waals surface area contributed by atoms with Crippen LogP contribution in [0.4, 0.5) is 5.69 Å². The molecule has 3 heteroatoms. The second-order valence-corrected chi connectivity index (χ2v) is 13.6. The maximum absolute atomic E-state index is 6.03. The van der Waals surface area contributed by atoms with Gasteiger partial charge in [0.05, 0.1) is 11.0 Å². The van der Waals surface area contributed by atoms with Gasteiger partial charge in [-0.05, 0) is 119 Å². The molecule has 0 bridgehead atoms. The monoisotopic (exact) mass is 727 g/mol. The van der Waals surface area contributed by atoms with Crippen molar-refractivity contribution < 1.29 is 0 Å². The predicted octanol–water partition coefficient (Wildman–Crippen LogP) is 13.9. The maximum atomic E-state index is 6.03.